The first-order valence-corrected chi connectivity index (χ1v) is 10.1. The van der Waals surface area contributed by atoms with Crippen molar-refractivity contribution in [1.82, 2.24) is 9.78 Å². The molecule has 0 aliphatic carbocycles. The fourth-order valence-corrected chi connectivity index (χ4v) is 3.08. The van der Waals surface area contributed by atoms with E-state index in [4.69, 9.17) is 21.1 Å². The maximum Gasteiger partial charge on any atom is 0.363 e. The Morgan fingerprint density at radius 3 is 2.44 bits per heavy atom. The van der Waals surface area contributed by atoms with Crippen molar-refractivity contribution in [3.63, 3.8) is 0 Å². The van der Waals surface area contributed by atoms with Gasteiger partial charge in [0.2, 0.25) is 11.1 Å². The largest absolute Gasteiger partial charge is 0.495 e. The number of ether oxygens (including phenoxy) is 2. The van der Waals surface area contributed by atoms with E-state index in [1.165, 1.54) is 24.8 Å². The Hall–Kier alpha value is -3.65. The number of nitrogens with one attached hydrogen (secondary N) is 1. The molecule has 9 heteroatoms. The van der Waals surface area contributed by atoms with Gasteiger partial charge in [0, 0.05) is 16.8 Å². The average molecular weight is 456 g/mol. The van der Waals surface area contributed by atoms with Gasteiger partial charge in [-0.15, -0.1) is 0 Å². The topological polar surface area (TPSA) is 99.5 Å². The molecule has 1 amide bonds. The quantitative estimate of drug-likeness (QED) is 0.569. The van der Waals surface area contributed by atoms with Gasteiger partial charge in [-0.2, -0.15) is 5.10 Å². The summed E-state index contributed by atoms with van der Waals surface area (Å²) >= 11 is 5.92. The summed E-state index contributed by atoms with van der Waals surface area (Å²) in [6.45, 7) is 4.96. The van der Waals surface area contributed by atoms with Crippen LogP contribution in [0.15, 0.2) is 53.3 Å². The number of carbonyl (C=O) groups is 2. The molecule has 1 heterocycles. The van der Waals surface area contributed by atoms with Crippen LogP contribution in [0.5, 0.6) is 5.75 Å². The highest BCUT2D eigenvalue weighted by Gasteiger charge is 2.24. The number of hydrogen-bond acceptors (Lipinski definition) is 6. The van der Waals surface area contributed by atoms with E-state index in [2.05, 4.69) is 10.4 Å². The van der Waals surface area contributed by atoms with E-state index >= 15 is 0 Å². The normalized spacial score (nSPS) is 11.5. The molecule has 0 bridgehead atoms. The molecular formula is C23H22ClN3O5. The van der Waals surface area contributed by atoms with Crippen LogP contribution in [-0.4, -0.2) is 34.9 Å². The predicted octanol–water partition coefficient (Wildman–Crippen LogP) is 3.70. The third-order valence-corrected chi connectivity index (χ3v) is 4.89. The summed E-state index contributed by atoms with van der Waals surface area (Å²) in [5.41, 5.74) is 1.45. The molecule has 8 nitrogen and oxygen atoms in total. The minimum absolute atomic E-state index is 0.432. The van der Waals surface area contributed by atoms with Crippen LogP contribution in [0.1, 0.15) is 28.7 Å². The summed E-state index contributed by atoms with van der Waals surface area (Å²) in [5.74, 6) is -1.11. The van der Waals surface area contributed by atoms with E-state index in [1.807, 2.05) is 13.0 Å². The Kier molecular flexibility index (Phi) is 6.95. The van der Waals surface area contributed by atoms with E-state index in [9.17, 15) is 14.4 Å². The molecule has 3 rings (SSSR count). The van der Waals surface area contributed by atoms with E-state index in [-0.39, 0.29) is 0 Å². The third-order valence-electron chi connectivity index (χ3n) is 4.64. The van der Waals surface area contributed by atoms with Crippen LogP contribution in [0.3, 0.4) is 0 Å². The lowest BCUT2D eigenvalue weighted by Gasteiger charge is -2.16. The Labute approximate surface area is 189 Å². The second-order valence-corrected chi connectivity index (χ2v) is 7.56. The van der Waals surface area contributed by atoms with Crippen LogP contribution in [0.25, 0.3) is 5.69 Å². The molecule has 1 N–H and O–H groups in total. The first-order chi connectivity index (χ1) is 15.2. The van der Waals surface area contributed by atoms with Crippen molar-refractivity contribution in [3.05, 3.63) is 80.7 Å². The molecule has 2 aromatic carbocycles. The number of hydrogen-bond donors (Lipinski definition) is 1. The van der Waals surface area contributed by atoms with Crippen LogP contribution < -0.4 is 15.5 Å². The van der Waals surface area contributed by atoms with Crippen LogP contribution in [-0.2, 0) is 9.53 Å². The molecule has 0 radical (unpaired) electrons. The highest BCUT2D eigenvalue weighted by atomic mass is 35.5. The summed E-state index contributed by atoms with van der Waals surface area (Å²) in [6, 6.07) is 13.3. The number of aryl methyl sites for hydroxylation is 2. The number of methoxy groups -OCH3 is 1. The molecule has 166 valence electrons. The van der Waals surface area contributed by atoms with Crippen molar-refractivity contribution >= 4 is 29.2 Å². The standard InChI is InChI=1S/C23H22ClN3O5/c1-13-5-10-20(31-4)18(11-13)25-22(29)15(3)32-23(30)21-19(28)12-14(2)27(26-21)17-8-6-16(24)7-9-17/h5-12,15H,1-4H3,(H,25,29)/t15-/m1/s1. The van der Waals surface area contributed by atoms with Crippen molar-refractivity contribution in [2.45, 2.75) is 26.9 Å². The van der Waals surface area contributed by atoms with Gasteiger partial charge in [0.1, 0.15) is 5.75 Å². The molecule has 0 spiro atoms. The van der Waals surface area contributed by atoms with Crippen molar-refractivity contribution in [1.29, 1.82) is 0 Å². The Morgan fingerprint density at radius 1 is 1.09 bits per heavy atom. The summed E-state index contributed by atoms with van der Waals surface area (Å²) in [5, 5.41) is 7.35. The second kappa shape index (κ2) is 9.65. The van der Waals surface area contributed by atoms with Crippen LogP contribution in [0.4, 0.5) is 5.69 Å². The van der Waals surface area contributed by atoms with Gasteiger partial charge in [0.05, 0.1) is 18.5 Å². The number of benzene rings is 2. The molecule has 0 unspecified atom stereocenters. The number of rotatable bonds is 6. The smallest absolute Gasteiger partial charge is 0.363 e. The molecule has 0 saturated heterocycles. The number of amides is 1. The Balaban J connectivity index is 1.80. The number of aromatic nitrogens is 2. The number of nitrogens with zero attached hydrogens (tertiary/aromatic N) is 2. The molecule has 0 fully saturated rings. The SMILES string of the molecule is COc1ccc(C)cc1NC(=O)[C@@H](C)OC(=O)c1nn(-c2ccc(Cl)cc2)c(C)cc1=O. The minimum Gasteiger partial charge on any atom is -0.495 e. The highest BCUT2D eigenvalue weighted by molar-refractivity contribution is 6.30. The molecule has 3 aromatic rings. The van der Waals surface area contributed by atoms with Crippen molar-refractivity contribution in [3.8, 4) is 11.4 Å². The molecule has 0 saturated carbocycles. The van der Waals surface area contributed by atoms with Crippen LogP contribution >= 0.6 is 11.6 Å². The number of esters is 1. The van der Waals surface area contributed by atoms with Crippen LogP contribution in [0, 0.1) is 13.8 Å². The van der Waals surface area contributed by atoms with Gasteiger partial charge in [-0.25, -0.2) is 9.48 Å². The molecular weight excluding hydrogens is 434 g/mol. The lowest BCUT2D eigenvalue weighted by atomic mass is 10.2. The lowest BCUT2D eigenvalue weighted by Crippen LogP contribution is -2.33. The van der Waals surface area contributed by atoms with Gasteiger partial charge >= 0.3 is 5.97 Å². The lowest BCUT2D eigenvalue weighted by molar-refractivity contribution is -0.123. The van der Waals surface area contributed by atoms with Crippen LogP contribution in [0.2, 0.25) is 5.02 Å². The number of anilines is 1. The fraction of sp³-hybridized carbons (Fsp3) is 0.217. The van der Waals surface area contributed by atoms with E-state index in [0.717, 1.165) is 5.56 Å². The third kappa shape index (κ3) is 5.15. The summed E-state index contributed by atoms with van der Waals surface area (Å²) in [4.78, 5) is 37.6. The maximum absolute atomic E-state index is 12.6. The van der Waals surface area contributed by atoms with Gasteiger partial charge in [0.15, 0.2) is 6.10 Å². The molecule has 1 aromatic heterocycles. The summed E-state index contributed by atoms with van der Waals surface area (Å²) < 4.78 is 11.9. The van der Waals surface area contributed by atoms with Gasteiger partial charge in [-0.3, -0.25) is 9.59 Å². The first kappa shape index (κ1) is 23.0. The van der Waals surface area contributed by atoms with Crippen molar-refractivity contribution in [2.24, 2.45) is 0 Å². The van der Waals surface area contributed by atoms with E-state index in [0.29, 0.717) is 27.8 Å². The van der Waals surface area contributed by atoms with Gasteiger partial charge < -0.3 is 14.8 Å². The fourth-order valence-electron chi connectivity index (χ4n) is 2.96. The number of carbonyl (C=O) groups excluding carboxylic acids is 2. The zero-order valence-corrected chi connectivity index (χ0v) is 18.8. The summed E-state index contributed by atoms with van der Waals surface area (Å²) in [7, 11) is 1.48. The zero-order chi connectivity index (χ0) is 23.4. The molecule has 32 heavy (non-hydrogen) atoms. The zero-order valence-electron chi connectivity index (χ0n) is 18.0. The van der Waals surface area contributed by atoms with Gasteiger partial charge in [-0.1, -0.05) is 17.7 Å². The monoisotopic (exact) mass is 455 g/mol. The van der Waals surface area contributed by atoms with Crippen molar-refractivity contribution < 1.29 is 19.1 Å². The number of halogens is 1. The molecule has 1 atom stereocenters. The second-order valence-electron chi connectivity index (χ2n) is 7.13. The first-order valence-electron chi connectivity index (χ1n) is 9.73. The summed E-state index contributed by atoms with van der Waals surface area (Å²) in [6.07, 6.45) is -1.18. The van der Waals surface area contributed by atoms with E-state index < -0.39 is 29.1 Å². The maximum atomic E-state index is 12.6. The Morgan fingerprint density at radius 2 is 1.78 bits per heavy atom. The Bertz CT molecular complexity index is 1220. The van der Waals surface area contributed by atoms with E-state index in [1.54, 1.807) is 43.3 Å². The molecule has 0 aliphatic heterocycles. The van der Waals surface area contributed by atoms with Gasteiger partial charge in [-0.05, 0) is 62.7 Å². The average Bonchev–Trinajstić information content (AvgIpc) is 2.74. The molecule has 0 aliphatic rings. The highest BCUT2D eigenvalue weighted by Crippen LogP contribution is 2.25. The van der Waals surface area contributed by atoms with Gasteiger partial charge in [0.25, 0.3) is 5.91 Å². The minimum atomic E-state index is -1.18. The van der Waals surface area contributed by atoms with Crippen molar-refractivity contribution in [2.75, 3.05) is 12.4 Å². The predicted molar refractivity (Wildman–Crippen MR) is 121 cm³/mol.